The molecular weight excluding hydrogens is 450 g/mol. The van der Waals surface area contributed by atoms with Crippen LogP contribution in [0.15, 0.2) is 50.2 Å². The molecule has 0 saturated carbocycles. The molecule has 0 fully saturated rings. The van der Waals surface area contributed by atoms with Gasteiger partial charge in [-0.25, -0.2) is 12.8 Å². The van der Waals surface area contributed by atoms with Crippen molar-refractivity contribution in [3.63, 3.8) is 0 Å². The van der Waals surface area contributed by atoms with E-state index >= 15 is 0 Å². The van der Waals surface area contributed by atoms with E-state index in [1.807, 2.05) is 24.3 Å². The standard InChI is InChI=1S/C13H8Br2ClFO3S/c14-9-3-1-2-8(4-9)7-20-12-6-11(17)13(5-10(12)15)21(16,18)19/h1-6H,7H2. The van der Waals surface area contributed by atoms with Gasteiger partial charge in [0, 0.05) is 21.2 Å². The summed E-state index contributed by atoms with van der Waals surface area (Å²) in [6, 6.07) is 9.50. The summed E-state index contributed by atoms with van der Waals surface area (Å²) < 4.78 is 42.8. The van der Waals surface area contributed by atoms with Gasteiger partial charge >= 0.3 is 0 Å². The van der Waals surface area contributed by atoms with E-state index in [1.54, 1.807) is 0 Å². The van der Waals surface area contributed by atoms with Gasteiger partial charge in [-0.3, -0.25) is 0 Å². The molecule has 0 spiro atoms. The van der Waals surface area contributed by atoms with Gasteiger partial charge < -0.3 is 4.74 Å². The predicted octanol–water partition coefficient (Wildman–Crippen LogP) is 4.86. The summed E-state index contributed by atoms with van der Waals surface area (Å²) in [5, 5.41) is 0. The van der Waals surface area contributed by atoms with E-state index in [0.717, 1.165) is 22.2 Å². The van der Waals surface area contributed by atoms with Crippen LogP contribution in [0.4, 0.5) is 4.39 Å². The number of hydrogen-bond donors (Lipinski definition) is 0. The van der Waals surface area contributed by atoms with Crippen LogP contribution in [0.25, 0.3) is 0 Å². The molecule has 0 atom stereocenters. The molecule has 0 heterocycles. The predicted molar refractivity (Wildman–Crippen MR) is 85.6 cm³/mol. The SMILES string of the molecule is O=S(=O)(Cl)c1cc(Br)c(OCc2cccc(Br)c2)cc1F. The number of rotatable bonds is 4. The maximum absolute atomic E-state index is 13.7. The van der Waals surface area contributed by atoms with Crippen LogP contribution in [0, 0.1) is 5.82 Å². The van der Waals surface area contributed by atoms with Crippen molar-refractivity contribution in [3.8, 4) is 5.75 Å². The fourth-order valence-electron chi connectivity index (χ4n) is 1.60. The third-order valence-electron chi connectivity index (χ3n) is 2.53. The monoisotopic (exact) mass is 456 g/mol. The number of halogens is 4. The van der Waals surface area contributed by atoms with Crippen molar-refractivity contribution < 1.29 is 17.5 Å². The zero-order chi connectivity index (χ0) is 15.6. The summed E-state index contributed by atoms with van der Waals surface area (Å²) in [5.74, 6) is -0.769. The highest BCUT2D eigenvalue weighted by atomic mass is 79.9. The Kier molecular flexibility index (Phi) is 5.29. The van der Waals surface area contributed by atoms with Crippen LogP contribution in [-0.2, 0) is 15.7 Å². The first-order valence-electron chi connectivity index (χ1n) is 5.58. The maximum atomic E-state index is 13.7. The smallest absolute Gasteiger partial charge is 0.264 e. The molecule has 0 aliphatic heterocycles. The van der Waals surface area contributed by atoms with Gasteiger partial charge in [-0.1, -0.05) is 28.1 Å². The summed E-state index contributed by atoms with van der Waals surface area (Å²) in [7, 11) is 1.00. The lowest BCUT2D eigenvalue weighted by atomic mass is 10.2. The third-order valence-corrected chi connectivity index (χ3v) is 4.98. The Morgan fingerprint density at radius 1 is 1.19 bits per heavy atom. The normalized spacial score (nSPS) is 11.4. The van der Waals surface area contributed by atoms with Crippen molar-refractivity contribution in [3.05, 3.63) is 56.7 Å². The molecule has 0 aromatic heterocycles. The lowest BCUT2D eigenvalue weighted by molar-refractivity contribution is 0.302. The van der Waals surface area contributed by atoms with Gasteiger partial charge in [0.15, 0.2) is 0 Å². The first kappa shape index (κ1) is 16.7. The molecule has 0 bridgehead atoms. The summed E-state index contributed by atoms with van der Waals surface area (Å²) in [6.45, 7) is 0.213. The fourth-order valence-corrected chi connectivity index (χ4v) is 3.56. The van der Waals surface area contributed by atoms with Crippen molar-refractivity contribution in [2.45, 2.75) is 11.5 Å². The van der Waals surface area contributed by atoms with Crippen LogP contribution in [0.5, 0.6) is 5.75 Å². The molecule has 0 radical (unpaired) electrons. The Balaban J connectivity index is 2.24. The van der Waals surface area contributed by atoms with E-state index in [1.165, 1.54) is 0 Å². The minimum Gasteiger partial charge on any atom is -0.488 e. The van der Waals surface area contributed by atoms with Gasteiger partial charge in [0.05, 0.1) is 4.47 Å². The van der Waals surface area contributed by atoms with E-state index in [4.69, 9.17) is 15.4 Å². The highest BCUT2D eigenvalue weighted by Crippen LogP contribution is 2.32. The van der Waals surface area contributed by atoms with Crippen LogP contribution >= 0.6 is 42.5 Å². The molecule has 0 aliphatic carbocycles. The van der Waals surface area contributed by atoms with E-state index in [9.17, 15) is 12.8 Å². The Morgan fingerprint density at radius 3 is 2.52 bits per heavy atom. The zero-order valence-corrected chi connectivity index (χ0v) is 15.1. The second kappa shape index (κ2) is 6.64. The fraction of sp³-hybridized carbons (Fsp3) is 0.0769. The van der Waals surface area contributed by atoms with E-state index < -0.39 is 19.8 Å². The zero-order valence-electron chi connectivity index (χ0n) is 10.3. The van der Waals surface area contributed by atoms with Crippen molar-refractivity contribution in [2.24, 2.45) is 0 Å². The Hall–Kier alpha value is -0.630. The average Bonchev–Trinajstić information content (AvgIpc) is 2.38. The van der Waals surface area contributed by atoms with Gasteiger partial charge in [-0.15, -0.1) is 0 Å². The lowest BCUT2D eigenvalue weighted by Gasteiger charge is -2.10. The average molecular weight is 459 g/mol. The molecule has 2 aromatic rings. The molecule has 112 valence electrons. The van der Waals surface area contributed by atoms with Gasteiger partial charge in [0.1, 0.15) is 23.1 Å². The third kappa shape index (κ3) is 4.42. The Morgan fingerprint density at radius 2 is 1.90 bits per heavy atom. The molecule has 8 heteroatoms. The Labute approximate surface area is 142 Å². The van der Waals surface area contributed by atoms with E-state index in [-0.39, 0.29) is 12.4 Å². The first-order chi connectivity index (χ1) is 9.77. The molecule has 3 nitrogen and oxygen atoms in total. The molecule has 0 unspecified atom stereocenters. The summed E-state index contributed by atoms with van der Waals surface area (Å²) >= 11 is 6.48. The van der Waals surface area contributed by atoms with Gasteiger partial charge in [0.25, 0.3) is 9.05 Å². The molecule has 0 amide bonds. The van der Waals surface area contributed by atoms with Crippen LogP contribution in [-0.4, -0.2) is 8.42 Å². The van der Waals surface area contributed by atoms with Crippen LogP contribution in [0.1, 0.15) is 5.56 Å². The van der Waals surface area contributed by atoms with Crippen molar-refractivity contribution in [1.82, 2.24) is 0 Å². The maximum Gasteiger partial charge on any atom is 0.264 e. The van der Waals surface area contributed by atoms with Gasteiger partial charge in [-0.05, 0) is 39.7 Å². The highest BCUT2D eigenvalue weighted by Gasteiger charge is 2.19. The van der Waals surface area contributed by atoms with E-state index in [2.05, 4.69) is 31.9 Å². The van der Waals surface area contributed by atoms with Crippen LogP contribution in [0.3, 0.4) is 0 Å². The van der Waals surface area contributed by atoms with Gasteiger partial charge in [-0.2, -0.15) is 0 Å². The molecule has 2 aromatic carbocycles. The second-order valence-electron chi connectivity index (χ2n) is 4.07. The molecule has 0 N–H and O–H groups in total. The highest BCUT2D eigenvalue weighted by molar-refractivity contribution is 9.10. The second-order valence-corrected chi connectivity index (χ2v) is 8.37. The molecule has 0 aliphatic rings. The number of ether oxygens (including phenoxy) is 1. The quantitative estimate of drug-likeness (QED) is 0.615. The number of benzene rings is 2. The lowest BCUT2D eigenvalue weighted by Crippen LogP contribution is -2.00. The Bertz CT molecular complexity index is 781. The molecule has 21 heavy (non-hydrogen) atoms. The van der Waals surface area contributed by atoms with Crippen LogP contribution in [0.2, 0.25) is 0 Å². The minimum atomic E-state index is -4.14. The summed E-state index contributed by atoms with van der Waals surface area (Å²) in [6.07, 6.45) is 0. The first-order valence-corrected chi connectivity index (χ1v) is 9.48. The molecule has 0 saturated heterocycles. The van der Waals surface area contributed by atoms with Crippen molar-refractivity contribution in [1.29, 1.82) is 0 Å². The van der Waals surface area contributed by atoms with Gasteiger partial charge in [0.2, 0.25) is 0 Å². The van der Waals surface area contributed by atoms with Crippen molar-refractivity contribution in [2.75, 3.05) is 0 Å². The summed E-state index contributed by atoms with van der Waals surface area (Å²) in [4.78, 5) is -0.592. The van der Waals surface area contributed by atoms with E-state index in [0.29, 0.717) is 4.47 Å². The van der Waals surface area contributed by atoms with Crippen LogP contribution < -0.4 is 4.74 Å². The number of hydrogen-bond acceptors (Lipinski definition) is 3. The molecule has 2 rings (SSSR count). The minimum absolute atomic E-state index is 0.191. The van der Waals surface area contributed by atoms with Crippen molar-refractivity contribution >= 4 is 51.6 Å². The largest absolute Gasteiger partial charge is 0.488 e. The molecular formula is C13H8Br2ClFO3S. The summed E-state index contributed by atoms with van der Waals surface area (Å²) in [5.41, 5.74) is 0.880. The topological polar surface area (TPSA) is 43.4 Å².